The number of benzene rings is 2. The van der Waals surface area contributed by atoms with Crippen molar-refractivity contribution in [3.05, 3.63) is 70.7 Å². The molecule has 2 rings (SSSR count). The van der Waals surface area contributed by atoms with E-state index in [0.29, 0.717) is 16.9 Å². The summed E-state index contributed by atoms with van der Waals surface area (Å²) in [5.41, 5.74) is 1.07. The van der Waals surface area contributed by atoms with E-state index in [1.165, 1.54) is 17.0 Å². The van der Waals surface area contributed by atoms with Gasteiger partial charge in [0.2, 0.25) is 11.8 Å². The Labute approximate surface area is 208 Å². The van der Waals surface area contributed by atoms with Crippen molar-refractivity contribution in [2.24, 2.45) is 5.92 Å². The molecule has 9 nitrogen and oxygen atoms in total. The van der Waals surface area contributed by atoms with E-state index in [-0.39, 0.29) is 12.5 Å². The molecule has 10 heteroatoms. The maximum atomic E-state index is 13.5. The lowest BCUT2D eigenvalue weighted by molar-refractivity contribution is -0.141. The smallest absolute Gasteiger partial charge is 0.305 e. The summed E-state index contributed by atoms with van der Waals surface area (Å²) in [6, 6.07) is 13.0. The largest absolute Gasteiger partial charge is 0.481 e. The first kappa shape index (κ1) is 27.5. The Morgan fingerprint density at radius 1 is 1.00 bits per heavy atom. The van der Waals surface area contributed by atoms with E-state index < -0.39 is 48.7 Å². The summed E-state index contributed by atoms with van der Waals surface area (Å²) in [5, 5.41) is 14.4. The fourth-order valence-electron chi connectivity index (χ4n) is 3.30. The van der Waals surface area contributed by atoms with Crippen molar-refractivity contribution < 1.29 is 29.1 Å². The molecule has 3 N–H and O–H groups in total. The molecular weight excluding hydrogens is 474 g/mol. The van der Waals surface area contributed by atoms with Crippen molar-refractivity contribution in [3.8, 4) is 0 Å². The van der Waals surface area contributed by atoms with Crippen molar-refractivity contribution in [1.82, 2.24) is 15.5 Å². The highest BCUT2D eigenvalue weighted by atomic mass is 35.5. The number of hydrogen-bond donors (Lipinski definition) is 3. The average Bonchev–Trinajstić information content (AvgIpc) is 2.81. The lowest BCUT2D eigenvalue weighted by Crippen LogP contribution is -2.53. The average molecular weight is 502 g/mol. The van der Waals surface area contributed by atoms with Crippen molar-refractivity contribution in [2.45, 2.75) is 38.9 Å². The minimum atomic E-state index is -1.25. The van der Waals surface area contributed by atoms with Crippen LogP contribution in [0.3, 0.4) is 0 Å². The number of carbonyl (C=O) groups excluding carboxylic acids is 4. The van der Waals surface area contributed by atoms with Crippen LogP contribution in [0.4, 0.5) is 0 Å². The Balaban J connectivity index is 2.24. The van der Waals surface area contributed by atoms with E-state index in [9.17, 15) is 24.0 Å². The molecule has 186 valence electrons. The highest BCUT2D eigenvalue weighted by molar-refractivity contribution is 6.30. The number of amides is 3. The van der Waals surface area contributed by atoms with Gasteiger partial charge in [0.15, 0.2) is 0 Å². The number of nitrogens with one attached hydrogen (secondary N) is 2. The lowest BCUT2D eigenvalue weighted by atomic mass is 10.0. The molecule has 2 atom stereocenters. The Bertz CT molecular complexity index is 1040. The first-order valence-corrected chi connectivity index (χ1v) is 11.3. The summed E-state index contributed by atoms with van der Waals surface area (Å²) < 4.78 is 0. The fourth-order valence-corrected chi connectivity index (χ4v) is 3.42. The Kier molecular flexibility index (Phi) is 10.4. The Morgan fingerprint density at radius 3 is 2.17 bits per heavy atom. The number of carboxylic acids is 1. The third kappa shape index (κ3) is 8.86. The minimum absolute atomic E-state index is 0.0673. The molecule has 2 aromatic carbocycles. The van der Waals surface area contributed by atoms with E-state index in [0.717, 1.165) is 5.56 Å². The van der Waals surface area contributed by atoms with Crippen LogP contribution < -0.4 is 10.6 Å². The molecule has 0 heterocycles. The van der Waals surface area contributed by atoms with Gasteiger partial charge in [-0.05, 0) is 35.7 Å². The highest BCUT2D eigenvalue weighted by Gasteiger charge is 2.30. The molecule has 2 aromatic rings. The lowest BCUT2D eigenvalue weighted by Gasteiger charge is -2.30. The molecule has 0 saturated heterocycles. The number of carboxylic acid groups (broad SMARTS) is 1. The zero-order chi connectivity index (χ0) is 26.0. The van der Waals surface area contributed by atoms with E-state index >= 15 is 0 Å². The number of halogens is 1. The van der Waals surface area contributed by atoms with Crippen LogP contribution in [0.25, 0.3) is 0 Å². The third-order valence-electron chi connectivity index (χ3n) is 5.09. The monoisotopic (exact) mass is 501 g/mol. The first-order chi connectivity index (χ1) is 16.6. The molecule has 0 spiro atoms. The van der Waals surface area contributed by atoms with Crippen LogP contribution in [0, 0.1) is 5.92 Å². The molecule has 0 fully saturated rings. The maximum absolute atomic E-state index is 13.5. The van der Waals surface area contributed by atoms with Crippen LogP contribution in [-0.2, 0) is 25.7 Å². The molecule has 3 amide bonds. The third-order valence-corrected chi connectivity index (χ3v) is 5.35. The second-order valence-electron chi connectivity index (χ2n) is 8.29. The zero-order valence-electron chi connectivity index (χ0n) is 19.4. The minimum Gasteiger partial charge on any atom is -0.481 e. The number of hydrogen-bond acceptors (Lipinski definition) is 5. The predicted octanol–water partition coefficient (Wildman–Crippen LogP) is 2.28. The molecular formula is C25H28ClN3O6. The van der Waals surface area contributed by atoms with Gasteiger partial charge >= 0.3 is 5.97 Å². The second-order valence-corrected chi connectivity index (χ2v) is 8.73. The molecule has 35 heavy (non-hydrogen) atoms. The van der Waals surface area contributed by atoms with Gasteiger partial charge < -0.3 is 25.4 Å². The van der Waals surface area contributed by atoms with Gasteiger partial charge in [0.05, 0.1) is 19.0 Å². The van der Waals surface area contributed by atoms with E-state index in [4.69, 9.17) is 16.7 Å². The first-order valence-electron chi connectivity index (χ1n) is 11.0. The van der Waals surface area contributed by atoms with Gasteiger partial charge in [0.1, 0.15) is 12.3 Å². The van der Waals surface area contributed by atoms with Gasteiger partial charge in [-0.15, -0.1) is 0 Å². The Hall–Kier alpha value is -3.72. The SMILES string of the molecule is CC(C)[C@H](NC(=O)c1ccc(Cl)cc1)C(=O)N(CC(=O)NC(C=O)CC(=O)O)Cc1ccccc1. The van der Waals surface area contributed by atoms with Crippen molar-refractivity contribution in [3.63, 3.8) is 0 Å². The number of nitrogens with zero attached hydrogens (tertiary/aromatic N) is 1. The van der Waals surface area contributed by atoms with Crippen molar-refractivity contribution in [1.29, 1.82) is 0 Å². The van der Waals surface area contributed by atoms with Gasteiger partial charge in [-0.25, -0.2) is 0 Å². The summed E-state index contributed by atoms with van der Waals surface area (Å²) in [6.07, 6.45) is -0.244. The molecule has 0 aliphatic heterocycles. The fraction of sp³-hybridized carbons (Fsp3) is 0.320. The number of carbonyl (C=O) groups is 5. The molecule has 0 saturated carbocycles. The molecule has 0 radical (unpaired) electrons. The second kappa shape index (κ2) is 13.2. The van der Waals surface area contributed by atoms with Crippen LogP contribution in [0.15, 0.2) is 54.6 Å². The topological polar surface area (TPSA) is 133 Å². The Morgan fingerprint density at radius 2 is 1.63 bits per heavy atom. The normalized spacial score (nSPS) is 12.3. The summed E-state index contributed by atoms with van der Waals surface area (Å²) in [7, 11) is 0. The highest BCUT2D eigenvalue weighted by Crippen LogP contribution is 2.14. The van der Waals surface area contributed by atoms with Gasteiger partial charge in [0.25, 0.3) is 5.91 Å². The molecule has 0 aliphatic carbocycles. The molecule has 0 aliphatic rings. The molecule has 0 aromatic heterocycles. The van der Waals surface area contributed by atoms with Gasteiger partial charge in [0, 0.05) is 17.1 Å². The quantitative estimate of drug-likeness (QED) is 0.382. The number of aldehydes is 1. The maximum Gasteiger partial charge on any atom is 0.305 e. The molecule has 0 bridgehead atoms. The zero-order valence-corrected chi connectivity index (χ0v) is 20.2. The standard InChI is InChI=1S/C25H28ClN3O6/c1-16(2)23(28-24(34)18-8-10-19(26)11-9-18)25(35)29(13-17-6-4-3-5-7-17)14-21(31)27-20(15-30)12-22(32)33/h3-11,15-16,20,23H,12-14H2,1-2H3,(H,27,31)(H,28,34)(H,32,33)/t20?,23-/m0/s1. The summed E-state index contributed by atoms with van der Waals surface area (Å²) in [4.78, 5) is 62.2. The molecule has 1 unspecified atom stereocenters. The van der Waals surface area contributed by atoms with Crippen molar-refractivity contribution in [2.75, 3.05) is 6.54 Å². The summed E-state index contributed by atoms with van der Waals surface area (Å²) in [6.45, 7) is 3.16. The van der Waals surface area contributed by atoms with Crippen LogP contribution in [0.2, 0.25) is 5.02 Å². The van der Waals surface area contributed by atoms with Crippen LogP contribution in [0.1, 0.15) is 36.2 Å². The van der Waals surface area contributed by atoms with Crippen LogP contribution >= 0.6 is 11.6 Å². The van der Waals surface area contributed by atoms with Gasteiger partial charge in [-0.1, -0.05) is 55.8 Å². The van der Waals surface area contributed by atoms with Gasteiger partial charge in [-0.3, -0.25) is 19.2 Å². The summed E-state index contributed by atoms with van der Waals surface area (Å²) >= 11 is 5.88. The van der Waals surface area contributed by atoms with Gasteiger partial charge in [-0.2, -0.15) is 0 Å². The van der Waals surface area contributed by atoms with E-state index in [2.05, 4.69) is 10.6 Å². The number of aliphatic carboxylic acids is 1. The summed E-state index contributed by atoms with van der Waals surface area (Å²) in [5.74, 6) is -3.22. The van der Waals surface area contributed by atoms with E-state index in [1.54, 1.807) is 50.2 Å². The van der Waals surface area contributed by atoms with E-state index in [1.807, 2.05) is 6.07 Å². The van der Waals surface area contributed by atoms with Crippen LogP contribution in [-0.4, -0.2) is 58.6 Å². The van der Waals surface area contributed by atoms with Crippen molar-refractivity contribution >= 4 is 41.6 Å². The predicted molar refractivity (Wildman–Crippen MR) is 130 cm³/mol. The number of rotatable bonds is 12. The van der Waals surface area contributed by atoms with Crippen LogP contribution in [0.5, 0.6) is 0 Å².